The second kappa shape index (κ2) is 9.09. The summed E-state index contributed by atoms with van der Waals surface area (Å²) in [6.07, 6.45) is 6.31. The highest BCUT2D eigenvalue weighted by Gasteiger charge is 2.63. The predicted octanol–water partition coefficient (Wildman–Crippen LogP) is 4.04. The zero-order chi connectivity index (χ0) is 25.5. The summed E-state index contributed by atoms with van der Waals surface area (Å²) < 4.78 is 18.5. The molecule has 1 aliphatic heterocycles. The summed E-state index contributed by atoms with van der Waals surface area (Å²) in [7, 11) is 0. The van der Waals surface area contributed by atoms with Crippen molar-refractivity contribution in [3.8, 4) is 5.75 Å². The van der Waals surface area contributed by atoms with Gasteiger partial charge in [-0.05, 0) is 68.5 Å². The molecule has 1 fully saturated rings. The molecule has 5 rings (SSSR count). The Morgan fingerprint density at radius 1 is 1.31 bits per heavy atom. The van der Waals surface area contributed by atoms with Crippen LogP contribution in [0.4, 0.5) is 5.82 Å². The summed E-state index contributed by atoms with van der Waals surface area (Å²) in [6.45, 7) is 3.55. The molecular weight excluding hydrogens is 460 g/mol. The van der Waals surface area contributed by atoms with Gasteiger partial charge in [-0.15, -0.1) is 0 Å². The van der Waals surface area contributed by atoms with Crippen molar-refractivity contribution in [2.45, 2.75) is 63.1 Å². The second-order valence-electron chi connectivity index (χ2n) is 9.79. The number of ether oxygens (including phenoxy) is 2. The third-order valence-electron chi connectivity index (χ3n) is 7.67. The van der Waals surface area contributed by atoms with E-state index in [2.05, 4.69) is 4.98 Å². The maximum atomic E-state index is 13.2. The van der Waals surface area contributed by atoms with Crippen molar-refractivity contribution in [3.63, 3.8) is 0 Å². The molecule has 188 valence electrons. The molecule has 0 saturated heterocycles. The number of benzene rings is 1. The van der Waals surface area contributed by atoms with Gasteiger partial charge >= 0.3 is 11.6 Å². The number of pyridine rings is 1. The number of allylic oxidation sites excluding steroid dienone is 1. The lowest BCUT2D eigenvalue weighted by atomic mass is 9.62. The van der Waals surface area contributed by atoms with Crippen molar-refractivity contribution in [1.29, 1.82) is 0 Å². The molecule has 36 heavy (non-hydrogen) atoms. The second-order valence-corrected chi connectivity index (χ2v) is 9.79. The van der Waals surface area contributed by atoms with Crippen LogP contribution in [0.25, 0.3) is 11.0 Å². The van der Waals surface area contributed by atoms with E-state index in [-0.39, 0.29) is 18.9 Å². The molecule has 1 saturated carbocycles. The monoisotopic (exact) mass is 490 g/mol. The number of aromatic nitrogens is 1. The highest BCUT2D eigenvalue weighted by molar-refractivity contribution is 5.89. The number of carbonyl (C=O) groups is 1. The Morgan fingerprint density at radius 3 is 2.89 bits per heavy atom. The quantitative estimate of drug-likeness (QED) is 0.312. The Kier molecular flexibility index (Phi) is 6.08. The van der Waals surface area contributed by atoms with Crippen LogP contribution in [0, 0.1) is 0 Å². The summed E-state index contributed by atoms with van der Waals surface area (Å²) >= 11 is 0. The first-order valence-electron chi connectivity index (χ1n) is 12.3. The summed E-state index contributed by atoms with van der Waals surface area (Å²) in [5.74, 6) is 0.423. The van der Waals surface area contributed by atoms with E-state index >= 15 is 0 Å². The number of aliphatic hydroxyl groups is 1. The maximum absolute atomic E-state index is 13.2. The van der Waals surface area contributed by atoms with Crippen molar-refractivity contribution in [2.24, 2.45) is 0 Å². The van der Waals surface area contributed by atoms with Gasteiger partial charge in [-0.25, -0.2) is 14.6 Å². The van der Waals surface area contributed by atoms with E-state index < -0.39 is 22.8 Å². The van der Waals surface area contributed by atoms with E-state index in [1.54, 1.807) is 31.3 Å². The van der Waals surface area contributed by atoms with Crippen LogP contribution in [0.1, 0.15) is 56.6 Å². The molecule has 0 radical (unpaired) electrons. The molecule has 2 aliphatic rings. The van der Waals surface area contributed by atoms with Crippen LogP contribution in [0.15, 0.2) is 63.5 Å². The maximum Gasteiger partial charge on any atom is 0.336 e. The lowest BCUT2D eigenvalue weighted by Crippen LogP contribution is -2.63. The van der Waals surface area contributed by atoms with Crippen LogP contribution in [-0.4, -0.2) is 33.9 Å². The number of nitrogen functional groups attached to an aromatic ring is 1. The Hall–Kier alpha value is -3.65. The number of fused-ring (bicyclic) bond motifs is 2. The predicted molar refractivity (Wildman–Crippen MR) is 135 cm³/mol. The van der Waals surface area contributed by atoms with E-state index in [0.717, 1.165) is 29.4 Å². The number of nitrogens with two attached hydrogens (primary N) is 1. The summed E-state index contributed by atoms with van der Waals surface area (Å²) in [5.41, 5.74) is 6.49. The topological polar surface area (TPSA) is 125 Å². The van der Waals surface area contributed by atoms with Crippen LogP contribution in [0.3, 0.4) is 0 Å². The van der Waals surface area contributed by atoms with Gasteiger partial charge in [-0.3, -0.25) is 0 Å². The van der Waals surface area contributed by atoms with Gasteiger partial charge in [0.15, 0.2) is 5.60 Å². The Balaban J connectivity index is 1.63. The lowest BCUT2D eigenvalue weighted by molar-refractivity contribution is -0.193. The number of nitrogens with zero attached hydrogens (tertiary/aromatic N) is 1. The smallest absolute Gasteiger partial charge is 0.336 e. The summed E-state index contributed by atoms with van der Waals surface area (Å²) in [4.78, 5) is 29.2. The molecule has 8 nitrogen and oxygen atoms in total. The van der Waals surface area contributed by atoms with E-state index in [0.29, 0.717) is 35.6 Å². The average molecular weight is 491 g/mol. The zero-order valence-corrected chi connectivity index (χ0v) is 20.5. The van der Waals surface area contributed by atoms with Crippen LogP contribution >= 0.6 is 0 Å². The van der Waals surface area contributed by atoms with Crippen LogP contribution in [0.5, 0.6) is 5.75 Å². The SMILES string of the molecule is C/C=C(\CCO)C(=O)O[C@]1(C)CCC[C@@H](c2ccnc(N)c2)[C@]12Cc1cc3ccc(=O)oc3cc1O2. The largest absolute Gasteiger partial charge is 0.482 e. The van der Waals surface area contributed by atoms with Gasteiger partial charge < -0.3 is 24.7 Å². The highest BCUT2D eigenvalue weighted by Crippen LogP contribution is 2.56. The molecule has 1 aliphatic carbocycles. The number of esters is 1. The van der Waals surface area contributed by atoms with Crippen molar-refractivity contribution < 1.29 is 23.8 Å². The molecule has 1 spiro atoms. The highest BCUT2D eigenvalue weighted by atomic mass is 16.6. The molecule has 2 aromatic heterocycles. The first-order chi connectivity index (χ1) is 17.3. The zero-order valence-electron chi connectivity index (χ0n) is 20.5. The van der Waals surface area contributed by atoms with Gasteiger partial charge in [-0.1, -0.05) is 6.08 Å². The van der Waals surface area contributed by atoms with Gasteiger partial charge in [0.1, 0.15) is 22.8 Å². The number of carbonyl (C=O) groups excluding carboxylic acids is 1. The first kappa shape index (κ1) is 24.1. The Morgan fingerprint density at radius 2 is 2.14 bits per heavy atom. The van der Waals surface area contributed by atoms with Crippen molar-refractivity contribution in [3.05, 3.63) is 75.8 Å². The van der Waals surface area contributed by atoms with Crippen molar-refractivity contribution in [1.82, 2.24) is 4.98 Å². The minimum Gasteiger partial charge on any atom is -0.482 e. The third kappa shape index (κ3) is 3.95. The third-order valence-corrected chi connectivity index (χ3v) is 7.67. The molecular formula is C28H30N2O6. The van der Waals surface area contributed by atoms with Gasteiger partial charge in [0, 0.05) is 54.7 Å². The fourth-order valence-corrected chi connectivity index (χ4v) is 5.85. The number of hydrogen-bond acceptors (Lipinski definition) is 8. The summed E-state index contributed by atoms with van der Waals surface area (Å²) in [6, 6.07) is 10.6. The van der Waals surface area contributed by atoms with Crippen LogP contribution in [-0.2, 0) is 16.0 Å². The van der Waals surface area contributed by atoms with Gasteiger partial charge in [0.2, 0.25) is 0 Å². The number of anilines is 1. The molecule has 3 aromatic rings. The number of aliphatic hydroxyl groups excluding tert-OH is 1. The van der Waals surface area contributed by atoms with Crippen LogP contribution < -0.4 is 16.1 Å². The molecule has 3 N–H and O–H groups in total. The molecule has 0 amide bonds. The first-order valence-corrected chi connectivity index (χ1v) is 12.3. The fourth-order valence-electron chi connectivity index (χ4n) is 5.85. The standard InChI is InChI=1S/C28H30N2O6/c1-3-17(9-12-31)26(33)36-27(2)10-4-5-21(18-8-11-30-24(29)14-18)28(27)16-20-13-19-6-7-25(32)34-22(19)15-23(20)35-28/h3,6-8,11,13-15,21,31H,4-5,9-10,12,16H2,1-2H3,(H2,29,30)/b17-3+/t21-,27+,28+/m0/s1. The van der Waals surface area contributed by atoms with Crippen molar-refractivity contribution in [2.75, 3.05) is 12.3 Å². The van der Waals surface area contributed by atoms with E-state index in [1.165, 1.54) is 6.07 Å². The molecule has 3 atom stereocenters. The molecule has 0 unspecified atom stereocenters. The van der Waals surface area contributed by atoms with E-state index in [4.69, 9.17) is 19.6 Å². The van der Waals surface area contributed by atoms with Gasteiger partial charge in [-0.2, -0.15) is 0 Å². The molecule has 3 heterocycles. The number of rotatable bonds is 5. The van der Waals surface area contributed by atoms with Crippen LogP contribution in [0.2, 0.25) is 0 Å². The molecule has 0 bridgehead atoms. The fraction of sp³-hybridized carbons (Fsp3) is 0.393. The summed E-state index contributed by atoms with van der Waals surface area (Å²) in [5, 5.41) is 10.2. The molecule has 8 heteroatoms. The minimum absolute atomic E-state index is 0.135. The van der Waals surface area contributed by atoms with Gasteiger partial charge in [0.05, 0.1) is 0 Å². The van der Waals surface area contributed by atoms with E-state index in [1.807, 2.05) is 25.1 Å². The average Bonchev–Trinajstić information content (AvgIpc) is 3.22. The molecule has 1 aromatic carbocycles. The van der Waals surface area contributed by atoms with Gasteiger partial charge in [0.25, 0.3) is 0 Å². The van der Waals surface area contributed by atoms with E-state index in [9.17, 15) is 14.7 Å². The lowest BCUT2D eigenvalue weighted by Gasteiger charge is -2.52. The normalized spacial score (nSPS) is 25.5. The Bertz CT molecular complexity index is 1410. The van der Waals surface area contributed by atoms with Crippen molar-refractivity contribution >= 4 is 22.8 Å². The Labute approximate surface area is 208 Å². The number of hydrogen-bond donors (Lipinski definition) is 2. The minimum atomic E-state index is -0.985.